The van der Waals surface area contributed by atoms with Crippen molar-refractivity contribution in [3.8, 4) is 0 Å². The Bertz CT molecular complexity index is 126. The highest BCUT2D eigenvalue weighted by Gasteiger charge is 2.27. The molecule has 0 fully saturated rings. The summed E-state index contributed by atoms with van der Waals surface area (Å²) in [5.41, 5.74) is -0.330. The number of rotatable bonds is 4. The first-order chi connectivity index (χ1) is 5.27. The molecule has 0 aliphatic heterocycles. The lowest BCUT2D eigenvalue weighted by Crippen LogP contribution is -2.30. The molecule has 0 aliphatic carbocycles. The van der Waals surface area contributed by atoms with Gasteiger partial charge in [-0.3, -0.25) is 0 Å². The molecule has 0 heterocycles. The van der Waals surface area contributed by atoms with Crippen LogP contribution in [0, 0.1) is 5.41 Å². The van der Waals surface area contributed by atoms with Gasteiger partial charge in [0.2, 0.25) is 0 Å². The normalized spacial score (nSPS) is 13.5. The van der Waals surface area contributed by atoms with Crippen molar-refractivity contribution in [3.05, 3.63) is 0 Å². The van der Waals surface area contributed by atoms with Crippen molar-refractivity contribution in [2.75, 3.05) is 0 Å². The molecule has 0 radical (unpaired) electrons. The molecule has 0 spiro atoms. The molecule has 0 saturated carbocycles. The minimum Gasteiger partial charge on any atom is -0.219 e. The zero-order valence-electron chi connectivity index (χ0n) is 8.38. The number of hydrogen-bond donors (Lipinski definition) is 1. The maximum atomic E-state index is 7.88. The summed E-state index contributed by atoms with van der Waals surface area (Å²) in [4.78, 5) is 4.78. The zero-order chi connectivity index (χ0) is 9.83. The minimum atomic E-state index is -0.471. The third kappa shape index (κ3) is 6.54. The van der Waals surface area contributed by atoms with E-state index in [1.54, 1.807) is 0 Å². The Morgan fingerprint density at radius 1 is 1.08 bits per heavy atom. The van der Waals surface area contributed by atoms with Crippen molar-refractivity contribution >= 4 is 0 Å². The summed E-state index contributed by atoms with van der Waals surface area (Å²) in [6.07, 6.45) is 0.795. The van der Waals surface area contributed by atoms with E-state index in [0.717, 1.165) is 6.42 Å². The van der Waals surface area contributed by atoms with Crippen molar-refractivity contribution < 1.29 is 20.2 Å². The molecule has 0 aromatic carbocycles. The predicted octanol–water partition coefficient (Wildman–Crippen LogP) is 2.55. The monoisotopic (exact) mass is 178 g/mol. The highest BCUT2D eigenvalue weighted by Crippen LogP contribution is 2.29. The Morgan fingerprint density at radius 2 is 1.58 bits per heavy atom. The molecule has 4 heteroatoms. The first-order valence-electron chi connectivity index (χ1n) is 3.93. The molecule has 0 rings (SSSR count). The highest BCUT2D eigenvalue weighted by atomic mass is 17.6. The van der Waals surface area contributed by atoms with Gasteiger partial charge in [0.25, 0.3) is 0 Å². The van der Waals surface area contributed by atoms with Crippen LogP contribution in [-0.4, -0.2) is 10.9 Å². The Balaban J connectivity index is 3.86. The largest absolute Gasteiger partial charge is 0.219 e. The van der Waals surface area contributed by atoms with E-state index >= 15 is 0 Å². The molecule has 0 amide bonds. The van der Waals surface area contributed by atoms with Crippen LogP contribution in [0.5, 0.6) is 0 Å². The fourth-order valence-corrected chi connectivity index (χ4v) is 1.41. The summed E-state index contributed by atoms with van der Waals surface area (Å²) in [5.74, 6) is 0. The fourth-order valence-electron chi connectivity index (χ4n) is 1.41. The molecule has 1 N–H and O–H groups in total. The lowest BCUT2D eigenvalue weighted by Gasteiger charge is -2.29. The quantitative estimate of drug-likeness (QED) is 0.531. The minimum absolute atomic E-state index is 0.141. The lowest BCUT2D eigenvalue weighted by atomic mass is 9.84. The molecule has 0 unspecified atom stereocenters. The molecule has 12 heavy (non-hydrogen) atoms. The van der Waals surface area contributed by atoms with Crippen LogP contribution in [0.4, 0.5) is 0 Å². The second-order valence-corrected chi connectivity index (χ2v) is 4.72. The van der Waals surface area contributed by atoms with Gasteiger partial charge in [-0.2, -0.15) is 4.89 Å². The van der Waals surface area contributed by atoms with Gasteiger partial charge in [0.1, 0.15) is 5.60 Å². The van der Waals surface area contributed by atoms with Crippen molar-refractivity contribution in [3.63, 3.8) is 0 Å². The van der Waals surface area contributed by atoms with Crippen LogP contribution in [0.3, 0.4) is 0 Å². The van der Waals surface area contributed by atoms with Gasteiger partial charge in [0.05, 0.1) is 0 Å². The van der Waals surface area contributed by atoms with Crippen LogP contribution in [-0.2, 0) is 15.0 Å². The Morgan fingerprint density at radius 3 is 1.92 bits per heavy atom. The molecule has 0 saturated heterocycles. The fraction of sp³-hybridized carbons (Fsp3) is 1.00. The maximum Gasteiger partial charge on any atom is 0.102 e. The first kappa shape index (κ1) is 11.8. The molecule has 4 nitrogen and oxygen atoms in total. The second-order valence-electron chi connectivity index (χ2n) is 4.72. The first-order valence-corrected chi connectivity index (χ1v) is 3.93. The van der Waals surface area contributed by atoms with Gasteiger partial charge >= 0.3 is 0 Å². The van der Waals surface area contributed by atoms with Gasteiger partial charge in [0.15, 0.2) is 0 Å². The molecule has 0 aromatic heterocycles. The van der Waals surface area contributed by atoms with Crippen molar-refractivity contribution in [1.82, 2.24) is 0 Å². The van der Waals surface area contributed by atoms with Crippen molar-refractivity contribution in [2.24, 2.45) is 5.41 Å². The van der Waals surface area contributed by atoms with Gasteiger partial charge in [-0.05, 0) is 35.8 Å². The highest BCUT2D eigenvalue weighted by molar-refractivity contribution is 4.75. The molecule has 0 bridgehead atoms. The summed E-state index contributed by atoms with van der Waals surface area (Å²) in [5, 5.41) is 15.3. The molecule has 0 atom stereocenters. The Kier molecular flexibility index (Phi) is 4.13. The SMILES string of the molecule is CC(C)(C)CC(C)(C)OOOO. The van der Waals surface area contributed by atoms with E-state index in [2.05, 4.69) is 30.8 Å². The standard InChI is InChI=1S/C8H18O4/c1-7(2,3)6-8(4,5)10-12-11-9/h9H,6H2,1-5H3. The lowest BCUT2D eigenvalue weighted by molar-refractivity contribution is -0.640. The molecular formula is C8H18O4. The molecule has 0 aliphatic rings. The average molecular weight is 178 g/mol. The summed E-state index contributed by atoms with van der Waals surface area (Å²) in [6, 6.07) is 0. The summed E-state index contributed by atoms with van der Waals surface area (Å²) in [7, 11) is 0. The molecule has 0 aromatic rings. The summed E-state index contributed by atoms with van der Waals surface area (Å²) >= 11 is 0. The Labute approximate surface area is 73.2 Å². The van der Waals surface area contributed by atoms with E-state index in [1.807, 2.05) is 13.8 Å². The van der Waals surface area contributed by atoms with E-state index in [1.165, 1.54) is 0 Å². The zero-order valence-corrected chi connectivity index (χ0v) is 8.38. The van der Waals surface area contributed by atoms with Crippen molar-refractivity contribution in [2.45, 2.75) is 46.6 Å². The van der Waals surface area contributed by atoms with E-state index in [9.17, 15) is 0 Å². The second kappa shape index (κ2) is 4.18. The van der Waals surface area contributed by atoms with E-state index < -0.39 is 5.60 Å². The Hall–Kier alpha value is -0.160. The van der Waals surface area contributed by atoms with Crippen LogP contribution < -0.4 is 0 Å². The van der Waals surface area contributed by atoms with Gasteiger partial charge < -0.3 is 0 Å². The van der Waals surface area contributed by atoms with E-state index in [0.29, 0.717) is 0 Å². The summed E-state index contributed by atoms with van der Waals surface area (Å²) in [6.45, 7) is 10.0. The number of hydrogen-bond acceptors (Lipinski definition) is 4. The third-order valence-electron chi connectivity index (χ3n) is 1.25. The topological polar surface area (TPSA) is 47.9 Å². The van der Waals surface area contributed by atoms with Crippen LogP contribution in [0.2, 0.25) is 0 Å². The smallest absolute Gasteiger partial charge is 0.102 e. The average Bonchev–Trinajstić information content (AvgIpc) is 1.78. The maximum absolute atomic E-state index is 7.88. The van der Waals surface area contributed by atoms with Crippen LogP contribution in [0.15, 0.2) is 0 Å². The van der Waals surface area contributed by atoms with Crippen LogP contribution in [0.25, 0.3) is 0 Å². The summed E-state index contributed by atoms with van der Waals surface area (Å²) < 4.78 is 0. The van der Waals surface area contributed by atoms with E-state index in [-0.39, 0.29) is 5.41 Å². The van der Waals surface area contributed by atoms with Gasteiger partial charge in [-0.1, -0.05) is 20.8 Å². The molecule has 74 valence electrons. The predicted molar refractivity (Wildman–Crippen MR) is 44.0 cm³/mol. The van der Waals surface area contributed by atoms with Gasteiger partial charge in [-0.25, -0.2) is 5.26 Å². The van der Waals surface area contributed by atoms with Crippen LogP contribution >= 0.6 is 0 Å². The van der Waals surface area contributed by atoms with Gasteiger partial charge in [-0.15, -0.1) is 0 Å². The van der Waals surface area contributed by atoms with Crippen LogP contribution in [0.1, 0.15) is 41.0 Å². The molecular weight excluding hydrogens is 160 g/mol. The van der Waals surface area contributed by atoms with E-state index in [4.69, 9.17) is 10.1 Å². The third-order valence-corrected chi connectivity index (χ3v) is 1.25. The van der Waals surface area contributed by atoms with Crippen molar-refractivity contribution in [1.29, 1.82) is 0 Å². The van der Waals surface area contributed by atoms with Gasteiger partial charge in [0, 0.05) is 0 Å².